The third-order valence-electron chi connectivity index (χ3n) is 14.7. The molecule has 0 aromatic rings. The number of carbonyl (C=O) groups is 3. The summed E-state index contributed by atoms with van der Waals surface area (Å²) < 4.78 is 22.8. The first-order valence-corrected chi connectivity index (χ1v) is 34.7. The quantitative estimate of drug-likeness (QED) is 0.0195. The molecule has 0 aliphatic heterocycles. The highest BCUT2D eigenvalue weighted by Crippen LogP contribution is 2.17. The van der Waals surface area contributed by atoms with Gasteiger partial charge in [0.25, 0.3) is 0 Å². The maximum Gasteiger partial charge on any atom is 0.306 e. The van der Waals surface area contributed by atoms with Crippen LogP contribution in [0.15, 0.2) is 122 Å². The number of quaternary nitrogens is 1. The summed E-state index contributed by atoms with van der Waals surface area (Å²) in [6.45, 7) is 4.54. The lowest BCUT2D eigenvalue weighted by atomic mass is 10.0. The second-order valence-electron chi connectivity index (χ2n) is 24.1. The number of unbranched alkanes of at least 4 members (excludes halogenated alkanes) is 28. The molecule has 0 rings (SSSR count). The number of ether oxygens (including phenoxy) is 4. The lowest BCUT2D eigenvalue weighted by molar-refractivity contribution is -0.870. The molecule has 486 valence electrons. The van der Waals surface area contributed by atoms with Gasteiger partial charge >= 0.3 is 11.9 Å². The molecule has 0 spiro atoms. The Morgan fingerprint density at radius 3 is 0.941 bits per heavy atom. The molecular weight excluding hydrogens is 1050 g/mol. The number of nitrogens with zero attached hydrogens (tertiary/aromatic N) is 1. The molecule has 0 bridgehead atoms. The molecule has 2 unspecified atom stereocenters. The topological polar surface area (TPSA) is 111 Å². The van der Waals surface area contributed by atoms with E-state index in [2.05, 4.69) is 135 Å². The number of allylic oxidation sites excluding steroid dienone is 20. The minimum absolute atomic E-state index is 0.143. The van der Waals surface area contributed by atoms with Crippen molar-refractivity contribution in [3.05, 3.63) is 122 Å². The summed E-state index contributed by atoms with van der Waals surface area (Å²) in [4.78, 5) is 37.5. The number of rotatable bonds is 63. The molecule has 0 saturated carbocycles. The fraction of sp³-hybridized carbons (Fsp3) is 0.697. The van der Waals surface area contributed by atoms with Crippen LogP contribution >= 0.6 is 0 Å². The highest BCUT2D eigenvalue weighted by atomic mass is 16.7. The van der Waals surface area contributed by atoms with Gasteiger partial charge in [-0.05, 0) is 103 Å². The third kappa shape index (κ3) is 67.1. The molecule has 0 saturated heterocycles. The Morgan fingerprint density at radius 2 is 0.635 bits per heavy atom. The van der Waals surface area contributed by atoms with Crippen LogP contribution in [0.1, 0.15) is 284 Å². The molecule has 0 aliphatic rings. The zero-order valence-corrected chi connectivity index (χ0v) is 55.4. The fourth-order valence-corrected chi connectivity index (χ4v) is 9.47. The van der Waals surface area contributed by atoms with Gasteiger partial charge in [0.2, 0.25) is 0 Å². The van der Waals surface area contributed by atoms with Crippen LogP contribution in [0, 0.1) is 0 Å². The maximum absolute atomic E-state index is 12.9. The summed E-state index contributed by atoms with van der Waals surface area (Å²) in [6.07, 6.45) is 89.8. The van der Waals surface area contributed by atoms with Crippen molar-refractivity contribution in [2.24, 2.45) is 0 Å². The SMILES string of the molecule is CC/C=C\C/C=C\C/C=C\C/C=C\C/C=C\C/C=C\CCCCCCCCCCCCCCC(=O)OC(COC(=O)CCCCCCCCCCCCCCCCCC/C=C\C/C=C\C/C=C\C/C=C\CC)COC(OCC[N+](C)(C)C)C(=O)[O-]. The molecule has 0 aromatic carbocycles. The Kier molecular flexibility index (Phi) is 62.3. The van der Waals surface area contributed by atoms with Crippen molar-refractivity contribution in [3.63, 3.8) is 0 Å². The van der Waals surface area contributed by atoms with Crippen molar-refractivity contribution in [1.82, 2.24) is 0 Å². The predicted octanol–water partition coefficient (Wildman–Crippen LogP) is 20.2. The average molecular weight is 1180 g/mol. The van der Waals surface area contributed by atoms with E-state index in [0.717, 1.165) is 103 Å². The zero-order chi connectivity index (χ0) is 61.9. The highest BCUT2D eigenvalue weighted by Gasteiger charge is 2.22. The van der Waals surface area contributed by atoms with Crippen molar-refractivity contribution >= 4 is 17.9 Å². The average Bonchev–Trinajstić information content (AvgIpc) is 3.49. The van der Waals surface area contributed by atoms with E-state index < -0.39 is 24.3 Å². The lowest BCUT2D eigenvalue weighted by Gasteiger charge is -2.26. The molecule has 0 fully saturated rings. The Morgan fingerprint density at radius 1 is 0.353 bits per heavy atom. The van der Waals surface area contributed by atoms with E-state index in [9.17, 15) is 19.5 Å². The second-order valence-corrected chi connectivity index (χ2v) is 24.1. The minimum atomic E-state index is -1.63. The van der Waals surface area contributed by atoms with Gasteiger partial charge in [-0.25, -0.2) is 0 Å². The Bertz CT molecular complexity index is 1810. The first kappa shape index (κ1) is 80.7. The van der Waals surface area contributed by atoms with Crippen molar-refractivity contribution in [2.45, 2.75) is 296 Å². The van der Waals surface area contributed by atoms with Crippen LogP contribution in [0.2, 0.25) is 0 Å². The smallest absolute Gasteiger partial charge is 0.306 e. The number of carbonyl (C=O) groups excluding carboxylic acids is 3. The zero-order valence-electron chi connectivity index (χ0n) is 55.4. The molecule has 0 aromatic heterocycles. The molecule has 0 amide bonds. The summed E-state index contributed by atoms with van der Waals surface area (Å²) in [5.41, 5.74) is 0. The molecule has 0 radical (unpaired) electrons. The van der Waals surface area contributed by atoms with E-state index in [0.29, 0.717) is 17.4 Å². The monoisotopic (exact) mass is 1180 g/mol. The molecule has 0 heterocycles. The number of likely N-dealkylation sites (N-methyl/N-ethyl adjacent to an activating group) is 1. The van der Waals surface area contributed by atoms with Crippen LogP contribution in [0.3, 0.4) is 0 Å². The second kappa shape index (κ2) is 65.7. The molecule has 2 atom stereocenters. The molecule has 0 N–H and O–H groups in total. The van der Waals surface area contributed by atoms with Gasteiger partial charge in [0.1, 0.15) is 13.2 Å². The first-order chi connectivity index (χ1) is 41.6. The van der Waals surface area contributed by atoms with Crippen molar-refractivity contribution in [2.75, 3.05) is 47.5 Å². The van der Waals surface area contributed by atoms with Crippen molar-refractivity contribution < 1.29 is 42.9 Å². The van der Waals surface area contributed by atoms with Gasteiger partial charge in [-0.1, -0.05) is 289 Å². The lowest BCUT2D eigenvalue weighted by Crippen LogP contribution is -2.44. The summed E-state index contributed by atoms with van der Waals surface area (Å²) in [6, 6.07) is 0. The van der Waals surface area contributed by atoms with Crippen LogP contribution in [0.25, 0.3) is 0 Å². The van der Waals surface area contributed by atoms with Crippen LogP contribution < -0.4 is 5.11 Å². The maximum atomic E-state index is 12.9. The number of hydrogen-bond acceptors (Lipinski definition) is 8. The first-order valence-electron chi connectivity index (χ1n) is 34.7. The fourth-order valence-electron chi connectivity index (χ4n) is 9.47. The summed E-state index contributed by atoms with van der Waals surface area (Å²) >= 11 is 0. The van der Waals surface area contributed by atoms with Crippen LogP contribution in [-0.2, 0) is 33.3 Å². The van der Waals surface area contributed by atoms with E-state index in [1.807, 2.05) is 21.1 Å². The van der Waals surface area contributed by atoms with Gasteiger partial charge < -0.3 is 33.3 Å². The highest BCUT2D eigenvalue weighted by molar-refractivity contribution is 5.70. The van der Waals surface area contributed by atoms with Crippen LogP contribution in [0.5, 0.6) is 0 Å². The number of hydrogen-bond donors (Lipinski definition) is 0. The Hall–Kier alpha value is -4.31. The largest absolute Gasteiger partial charge is 0.545 e. The van der Waals surface area contributed by atoms with E-state index >= 15 is 0 Å². The number of carboxylic acid groups (broad SMARTS) is 1. The number of carboxylic acids is 1. The molecule has 9 heteroatoms. The Labute approximate surface area is 523 Å². The summed E-state index contributed by atoms with van der Waals surface area (Å²) in [5, 5.41) is 11.8. The van der Waals surface area contributed by atoms with Gasteiger partial charge in [0, 0.05) is 12.8 Å². The Balaban J connectivity index is 4.14. The molecule has 0 aliphatic carbocycles. The summed E-state index contributed by atoms with van der Waals surface area (Å²) in [5.74, 6) is -2.28. The molecule has 85 heavy (non-hydrogen) atoms. The van der Waals surface area contributed by atoms with Gasteiger partial charge in [0.05, 0.1) is 40.3 Å². The number of aliphatic carboxylic acids is 1. The standard InChI is InChI=1S/C76H129NO8/c1-6-8-10-12-14-16-18-20-22-24-26-28-30-32-34-36-37-39-41-43-45-47-49-51-53-55-57-59-61-63-65-67-74(79)85-72(71-84-76(75(80)81)82-69-68-77(3,4)5)70-83-73(78)66-64-62-60-58-56-54-52-50-48-46-44-42-40-38-35-33-31-29-27-25-23-21-19-17-15-13-11-9-7-2/h8-11,14-17,20-23,26-29,32,34,37,39,72,76H,6-7,12-13,18-19,24-25,30-31,33,35-36,38,40-71H2,1-5H3/b10-8-,11-9-,16-14-,17-15-,22-20-,23-21-,28-26-,29-27-,34-32-,39-37-. The van der Waals surface area contributed by atoms with Crippen LogP contribution in [0.4, 0.5) is 0 Å². The molecular formula is C76H129NO8. The molecule has 9 nitrogen and oxygen atoms in total. The van der Waals surface area contributed by atoms with E-state index in [1.54, 1.807) is 0 Å². The summed E-state index contributed by atoms with van der Waals surface area (Å²) in [7, 11) is 5.93. The third-order valence-corrected chi connectivity index (χ3v) is 14.7. The normalized spacial score (nSPS) is 13.5. The van der Waals surface area contributed by atoms with Gasteiger partial charge in [-0.15, -0.1) is 0 Å². The van der Waals surface area contributed by atoms with E-state index in [1.165, 1.54) is 148 Å². The van der Waals surface area contributed by atoms with Gasteiger partial charge in [0.15, 0.2) is 12.4 Å². The van der Waals surface area contributed by atoms with Gasteiger partial charge in [-0.2, -0.15) is 0 Å². The minimum Gasteiger partial charge on any atom is -0.545 e. The number of esters is 2. The van der Waals surface area contributed by atoms with Crippen LogP contribution in [-0.4, -0.2) is 82.3 Å². The van der Waals surface area contributed by atoms with E-state index in [-0.39, 0.29) is 38.6 Å². The van der Waals surface area contributed by atoms with Crippen molar-refractivity contribution in [3.8, 4) is 0 Å². The van der Waals surface area contributed by atoms with Crippen molar-refractivity contribution in [1.29, 1.82) is 0 Å². The predicted molar refractivity (Wildman–Crippen MR) is 361 cm³/mol. The van der Waals surface area contributed by atoms with Gasteiger partial charge in [-0.3, -0.25) is 9.59 Å². The van der Waals surface area contributed by atoms with E-state index in [4.69, 9.17) is 18.9 Å².